The second kappa shape index (κ2) is 9.20. The Labute approximate surface area is 171 Å². The molecule has 0 radical (unpaired) electrons. The molecule has 0 aliphatic heterocycles. The third kappa shape index (κ3) is 5.32. The molecule has 0 fully saturated rings. The van der Waals surface area contributed by atoms with Gasteiger partial charge in [-0.3, -0.25) is 4.79 Å². The average Bonchev–Trinajstić information content (AvgIpc) is 2.73. The summed E-state index contributed by atoms with van der Waals surface area (Å²) in [4.78, 5) is 25.8. The Bertz CT molecular complexity index is 960. The van der Waals surface area contributed by atoms with Crippen molar-refractivity contribution in [2.45, 2.75) is 33.0 Å². The molecule has 0 aliphatic carbocycles. The highest BCUT2D eigenvalue weighted by Crippen LogP contribution is 2.25. The summed E-state index contributed by atoms with van der Waals surface area (Å²) in [6.07, 6.45) is -1.89. The summed E-state index contributed by atoms with van der Waals surface area (Å²) in [7, 11) is 0. The third-order valence-corrected chi connectivity index (χ3v) is 4.58. The van der Waals surface area contributed by atoms with Crippen molar-refractivity contribution in [1.29, 1.82) is 0 Å². The van der Waals surface area contributed by atoms with Crippen LogP contribution in [0.1, 0.15) is 40.1 Å². The Morgan fingerprint density at radius 2 is 1.31 bits per heavy atom. The van der Waals surface area contributed by atoms with Crippen LogP contribution in [0.5, 0.6) is 5.75 Å². The smallest absolute Gasteiger partial charge is 0.348 e. The van der Waals surface area contributed by atoms with Crippen molar-refractivity contribution in [1.82, 2.24) is 0 Å². The molecule has 3 aromatic carbocycles. The van der Waals surface area contributed by atoms with Gasteiger partial charge >= 0.3 is 5.97 Å². The Morgan fingerprint density at radius 3 is 1.90 bits per heavy atom. The van der Waals surface area contributed by atoms with Crippen molar-refractivity contribution in [2.75, 3.05) is 0 Å². The van der Waals surface area contributed by atoms with Gasteiger partial charge in [0.1, 0.15) is 5.75 Å². The van der Waals surface area contributed by atoms with Gasteiger partial charge in [-0.05, 0) is 32.9 Å². The fraction of sp³-hybridized carbons (Fsp3) is 0.200. The molecule has 0 aromatic heterocycles. The second-order valence-electron chi connectivity index (χ2n) is 7.03. The van der Waals surface area contributed by atoms with Gasteiger partial charge in [-0.25, -0.2) is 4.79 Å². The topological polar surface area (TPSA) is 52.6 Å². The highest BCUT2D eigenvalue weighted by molar-refractivity contribution is 6.01. The molecule has 3 rings (SSSR count). The highest BCUT2D eigenvalue weighted by atomic mass is 16.6. The van der Waals surface area contributed by atoms with E-state index in [4.69, 9.17) is 9.47 Å². The molecule has 0 aliphatic rings. The predicted molar refractivity (Wildman–Crippen MR) is 112 cm³/mol. The SMILES string of the molecule is Cc1ccc(C(=O)[C@H](OC(=O)[C@H](C)Oc2ccccc2)c2ccc(C)cc2)cc1. The van der Waals surface area contributed by atoms with Crippen molar-refractivity contribution in [2.24, 2.45) is 0 Å². The summed E-state index contributed by atoms with van der Waals surface area (Å²) in [6.45, 7) is 5.52. The number of Topliss-reactive ketones (excluding diaryl/α,β-unsaturated/α-hetero) is 1. The van der Waals surface area contributed by atoms with Crippen LogP contribution >= 0.6 is 0 Å². The Kier molecular flexibility index (Phi) is 6.45. The number of hydrogen-bond donors (Lipinski definition) is 0. The van der Waals surface area contributed by atoms with Gasteiger partial charge in [0.2, 0.25) is 5.78 Å². The van der Waals surface area contributed by atoms with Crippen LogP contribution in [0.2, 0.25) is 0 Å². The van der Waals surface area contributed by atoms with Crippen molar-refractivity contribution in [3.05, 3.63) is 101 Å². The zero-order valence-corrected chi connectivity index (χ0v) is 16.8. The highest BCUT2D eigenvalue weighted by Gasteiger charge is 2.29. The quantitative estimate of drug-likeness (QED) is 0.410. The number of ketones is 1. The number of carbonyl (C=O) groups is 2. The van der Waals surface area contributed by atoms with E-state index >= 15 is 0 Å². The average molecular weight is 388 g/mol. The van der Waals surface area contributed by atoms with Crippen LogP contribution in [0.4, 0.5) is 0 Å². The molecule has 148 valence electrons. The van der Waals surface area contributed by atoms with Gasteiger partial charge in [-0.2, -0.15) is 0 Å². The van der Waals surface area contributed by atoms with E-state index in [1.807, 2.05) is 68.4 Å². The zero-order valence-electron chi connectivity index (χ0n) is 16.8. The van der Waals surface area contributed by atoms with Gasteiger partial charge in [0.25, 0.3) is 0 Å². The van der Waals surface area contributed by atoms with E-state index in [1.165, 1.54) is 0 Å². The molecule has 0 N–H and O–H groups in total. The maximum absolute atomic E-state index is 13.1. The molecule has 0 amide bonds. The molecule has 0 saturated carbocycles. The Hall–Kier alpha value is -3.40. The van der Waals surface area contributed by atoms with E-state index < -0.39 is 18.2 Å². The lowest BCUT2D eigenvalue weighted by Crippen LogP contribution is -2.30. The number of aryl methyl sites for hydroxylation is 2. The molecule has 29 heavy (non-hydrogen) atoms. The zero-order chi connectivity index (χ0) is 20.8. The van der Waals surface area contributed by atoms with E-state index in [0.29, 0.717) is 16.9 Å². The monoisotopic (exact) mass is 388 g/mol. The van der Waals surface area contributed by atoms with E-state index in [-0.39, 0.29) is 5.78 Å². The molecular weight excluding hydrogens is 364 g/mol. The van der Waals surface area contributed by atoms with Crippen molar-refractivity contribution >= 4 is 11.8 Å². The van der Waals surface area contributed by atoms with E-state index in [0.717, 1.165) is 11.1 Å². The molecule has 3 aromatic rings. The van der Waals surface area contributed by atoms with Gasteiger partial charge in [0.15, 0.2) is 12.2 Å². The van der Waals surface area contributed by atoms with Crippen LogP contribution < -0.4 is 4.74 Å². The molecule has 2 atom stereocenters. The summed E-state index contributed by atoms with van der Waals surface area (Å²) in [5, 5.41) is 0. The minimum Gasteiger partial charge on any atom is -0.479 e. The number of benzene rings is 3. The van der Waals surface area contributed by atoms with Crippen molar-refractivity contribution in [3.8, 4) is 5.75 Å². The standard InChI is InChI=1S/C25H24O4/c1-17-9-13-20(14-10-17)23(26)24(21-15-11-18(2)12-16-21)29-25(27)19(3)28-22-7-5-4-6-8-22/h4-16,19,24H,1-3H3/t19-,24+/m0/s1. The predicted octanol–water partition coefficient (Wildman–Crippen LogP) is 5.24. The van der Waals surface area contributed by atoms with Gasteiger partial charge in [0.05, 0.1) is 0 Å². The van der Waals surface area contributed by atoms with E-state index in [9.17, 15) is 9.59 Å². The second-order valence-corrected chi connectivity index (χ2v) is 7.03. The number of esters is 1. The first-order valence-corrected chi connectivity index (χ1v) is 9.53. The number of hydrogen-bond acceptors (Lipinski definition) is 4. The molecule has 0 bridgehead atoms. The first-order valence-electron chi connectivity index (χ1n) is 9.53. The summed E-state index contributed by atoms with van der Waals surface area (Å²) in [5.41, 5.74) is 3.23. The lowest BCUT2D eigenvalue weighted by molar-refractivity contribution is -0.154. The number of ether oxygens (including phenoxy) is 2. The Morgan fingerprint density at radius 1 is 0.759 bits per heavy atom. The number of carbonyl (C=O) groups excluding carboxylic acids is 2. The van der Waals surface area contributed by atoms with E-state index in [1.54, 1.807) is 31.2 Å². The van der Waals surface area contributed by atoms with Crippen LogP contribution in [0, 0.1) is 13.8 Å². The van der Waals surface area contributed by atoms with Crippen LogP contribution in [-0.2, 0) is 9.53 Å². The lowest BCUT2D eigenvalue weighted by atomic mass is 9.98. The minimum absolute atomic E-state index is 0.269. The van der Waals surface area contributed by atoms with Crippen LogP contribution in [0.25, 0.3) is 0 Å². The summed E-state index contributed by atoms with van der Waals surface area (Å²) in [5.74, 6) is -0.303. The summed E-state index contributed by atoms with van der Waals surface area (Å²) < 4.78 is 11.3. The first-order chi connectivity index (χ1) is 13.9. The van der Waals surface area contributed by atoms with Gasteiger partial charge in [0, 0.05) is 11.1 Å². The van der Waals surface area contributed by atoms with Crippen molar-refractivity contribution in [3.63, 3.8) is 0 Å². The molecule has 4 heteroatoms. The fourth-order valence-corrected chi connectivity index (χ4v) is 2.85. The third-order valence-electron chi connectivity index (χ3n) is 4.58. The number of para-hydroxylation sites is 1. The van der Waals surface area contributed by atoms with Crippen molar-refractivity contribution < 1.29 is 19.1 Å². The molecule has 0 saturated heterocycles. The molecule has 0 unspecified atom stereocenters. The summed E-state index contributed by atoms with van der Waals surface area (Å²) in [6, 6.07) is 23.7. The van der Waals surface area contributed by atoms with Gasteiger partial charge < -0.3 is 9.47 Å². The largest absolute Gasteiger partial charge is 0.479 e. The summed E-state index contributed by atoms with van der Waals surface area (Å²) >= 11 is 0. The maximum atomic E-state index is 13.1. The normalized spacial score (nSPS) is 12.7. The minimum atomic E-state index is -1.03. The van der Waals surface area contributed by atoms with Gasteiger partial charge in [-0.1, -0.05) is 77.9 Å². The fourth-order valence-electron chi connectivity index (χ4n) is 2.85. The van der Waals surface area contributed by atoms with Crippen LogP contribution in [0.3, 0.4) is 0 Å². The van der Waals surface area contributed by atoms with Crippen LogP contribution in [0.15, 0.2) is 78.9 Å². The first kappa shape index (κ1) is 20.3. The van der Waals surface area contributed by atoms with Crippen LogP contribution in [-0.4, -0.2) is 17.9 Å². The molecule has 0 spiro atoms. The maximum Gasteiger partial charge on any atom is 0.348 e. The molecular formula is C25H24O4. The van der Waals surface area contributed by atoms with E-state index in [2.05, 4.69) is 0 Å². The Balaban J connectivity index is 1.82. The number of rotatable bonds is 7. The molecule has 4 nitrogen and oxygen atoms in total. The van der Waals surface area contributed by atoms with Gasteiger partial charge in [-0.15, -0.1) is 0 Å². The molecule has 0 heterocycles. The lowest BCUT2D eigenvalue weighted by Gasteiger charge is -2.21.